The molecule has 0 aromatic rings. The second-order valence-corrected chi connectivity index (χ2v) is 12.6. The van der Waals surface area contributed by atoms with E-state index in [1.165, 1.54) is 6.92 Å². The third-order valence-corrected chi connectivity index (χ3v) is 11.0. The summed E-state index contributed by atoms with van der Waals surface area (Å²) in [5, 5.41) is -2.79. The zero-order valence-electron chi connectivity index (χ0n) is 17.3. The number of rotatable bonds is 11. The molecule has 2 N–H and O–H groups in total. The molecule has 0 amide bonds. The van der Waals surface area contributed by atoms with E-state index in [4.69, 9.17) is 9.05 Å². The second kappa shape index (κ2) is 8.76. The summed E-state index contributed by atoms with van der Waals surface area (Å²) < 4.78 is 37.9. The molecule has 8 heteroatoms. The van der Waals surface area contributed by atoms with E-state index >= 15 is 0 Å². The Hall–Kier alpha value is 0.300. The predicted octanol–water partition coefficient (Wildman–Crippen LogP) is 6.07. The van der Waals surface area contributed by atoms with Crippen LogP contribution in [0.1, 0.15) is 92.9 Å². The van der Waals surface area contributed by atoms with Crippen molar-refractivity contribution >= 4 is 15.2 Å². The van der Waals surface area contributed by atoms with Crippen molar-refractivity contribution in [3.8, 4) is 0 Å². The molecule has 1 fully saturated rings. The van der Waals surface area contributed by atoms with Crippen molar-refractivity contribution in [2.45, 2.75) is 103 Å². The van der Waals surface area contributed by atoms with E-state index < -0.39 is 31.1 Å². The van der Waals surface area contributed by atoms with Crippen LogP contribution >= 0.6 is 15.2 Å². The SMILES string of the molecule is CCCCOP1(=O)OC(C)(P(=O)(O)O)C(CCCC)(CCCC)C1(C)C. The quantitative estimate of drug-likeness (QED) is 0.316. The topological polar surface area (TPSA) is 93.1 Å². The van der Waals surface area contributed by atoms with Crippen LogP contribution in [-0.4, -0.2) is 26.9 Å². The Morgan fingerprint density at radius 2 is 1.42 bits per heavy atom. The number of hydrogen-bond acceptors (Lipinski definition) is 4. The summed E-state index contributed by atoms with van der Waals surface area (Å²) in [5.41, 5.74) is -0.910. The van der Waals surface area contributed by atoms with Gasteiger partial charge in [-0.2, -0.15) is 0 Å². The summed E-state index contributed by atoms with van der Waals surface area (Å²) in [4.78, 5) is 20.5. The van der Waals surface area contributed by atoms with Crippen molar-refractivity contribution in [3.63, 3.8) is 0 Å². The highest BCUT2D eigenvalue weighted by molar-refractivity contribution is 7.59. The summed E-state index contributed by atoms with van der Waals surface area (Å²) in [6.45, 7) is 11.4. The smallest absolute Gasteiger partial charge is 0.322 e. The molecule has 2 unspecified atom stereocenters. The molecular formula is C18H38O6P2. The third kappa shape index (κ3) is 3.88. The lowest BCUT2D eigenvalue weighted by Crippen LogP contribution is -2.51. The fourth-order valence-electron chi connectivity index (χ4n) is 4.27. The zero-order chi connectivity index (χ0) is 20.3. The normalized spacial score (nSPS) is 30.6. The first kappa shape index (κ1) is 24.3. The van der Waals surface area contributed by atoms with Crippen molar-refractivity contribution in [1.29, 1.82) is 0 Å². The van der Waals surface area contributed by atoms with E-state index in [-0.39, 0.29) is 6.61 Å². The van der Waals surface area contributed by atoms with Crippen LogP contribution in [0.2, 0.25) is 0 Å². The van der Waals surface area contributed by atoms with Gasteiger partial charge in [0.15, 0.2) is 5.34 Å². The minimum absolute atomic E-state index is 0.270. The Kier molecular flexibility index (Phi) is 8.20. The molecule has 1 aliphatic heterocycles. The van der Waals surface area contributed by atoms with Gasteiger partial charge in [-0.3, -0.25) is 13.7 Å². The number of hydrogen-bond donors (Lipinski definition) is 2. The molecule has 1 heterocycles. The molecule has 0 aromatic heterocycles. The molecule has 1 saturated heterocycles. The molecule has 0 aliphatic carbocycles. The Bertz CT molecular complexity index is 548. The fraction of sp³-hybridized carbons (Fsp3) is 1.00. The average molecular weight is 412 g/mol. The van der Waals surface area contributed by atoms with E-state index in [1.807, 2.05) is 34.6 Å². The van der Waals surface area contributed by atoms with Gasteiger partial charge in [-0.25, -0.2) is 0 Å². The highest BCUT2D eigenvalue weighted by Crippen LogP contribution is 2.85. The molecule has 2 atom stereocenters. The van der Waals surface area contributed by atoms with Crippen LogP contribution in [0.25, 0.3) is 0 Å². The van der Waals surface area contributed by atoms with Crippen LogP contribution < -0.4 is 0 Å². The van der Waals surface area contributed by atoms with Crippen LogP contribution in [-0.2, 0) is 18.2 Å². The van der Waals surface area contributed by atoms with Gasteiger partial charge in [0.2, 0.25) is 0 Å². The van der Waals surface area contributed by atoms with Gasteiger partial charge in [-0.1, -0.05) is 52.9 Å². The van der Waals surface area contributed by atoms with Crippen LogP contribution in [0.4, 0.5) is 0 Å². The highest BCUT2D eigenvalue weighted by Gasteiger charge is 2.77. The first-order valence-corrected chi connectivity index (χ1v) is 13.1. The van der Waals surface area contributed by atoms with E-state index in [2.05, 4.69) is 0 Å². The maximum absolute atomic E-state index is 13.8. The molecule has 156 valence electrons. The lowest BCUT2D eigenvalue weighted by Gasteiger charge is -2.48. The predicted molar refractivity (Wildman–Crippen MR) is 106 cm³/mol. The van der Waals surface area contributed by atoms with Gasteiger partial charge in [-0.15, -0.1) is 0 Å². The molecule has 0 aromatic carbocycles. The Morgan fingerprint density at radius 3 is 1.81 bits per heavy atom. The zero-order valence-corrected chi connectivity index (χ0v) is 19.1. The Morgan fingerprint density at radius 1 is 0.962 bits per heavy atom. The summed E-state index contributed by atoms with van der Waals surface area (Å²) in [7, 11) is -8.42. The van der Waals surface area contributed by atoms with Gasteiger partial charge in [0.05, 0.1) is 11.8 Å². The van der Waals surface area contributed by atoms with Crippen molar-refractivity contribution < 1.29 is 28.0 Å². The minimum atomic E-state index is -4.70. The maximum atomic E-state index is 13.8. The monoisotopic (exact) mass is 412 g/mol. The summed E-state index contributed by atoms with van der Waals surface area (Å²) in [6, 6.07) is 0. The van der Waals surface area contributed by atoms with Gasteiger partial charge in [0.1, 0.15) is 0 Å². The van der Waals surface area contributed by atoms with Crippen molar-refractivity contribution in [2.24, 2.45) is 5.41 Å². The van der Waals surface area contributed by atoms with Crippen molar-refractivity contribution in [2.75, 3.05) is 6.61 Å². The molecule has 0 radical (unpaired) electrons. The standard InChI is InChI=1S/C18H38O6P2/c1-7-10-13-18(14-11-8-2)16(4,5)26(22,23-15-12-9-3)24-17(18,6)25(19,20)21/h7-15H2,1-6H3,(H2,19,20,21). The van der Waals surface area contributed by atoms with Gasteiger partial charge in [-0.05, 0) is 40.0 Å². The van der Waals surface area contributed by atoms with Crippen molar-refractivity contribution in [1.82, 2.24) is 0 Å². The highest BCUT2D eigenvalue weighted by atomic mass is 31.2. The maximum Gasteiger partial charge on any atom is 0.357 e. The Labute approximate surface area is 159 Å². The van der Waals surface area contributed by atoms with Crippen LogP contribution in [0, 0.1) is 5.41 Å². The van der Waals surface area contributed by atoms with Crippen LogP contribution in [0.3, 0.4) is 0 Å². The molecule has 0 saturated carbocycles. The number of unbranched alkanes of at least 4 members (excludes halogenated alkanes) is 3. The molecule has 1 aliphatic rings. The van der Waals surface area contributed by atoms with Gasteiger partial charge >= 0.3 is 15.2 Å². The van der Waals surface area contributed by atoms with E-state index in [0.29, 0.717) is 12.8 Å². The molecule has 26 heavy (non-hydrogen) atoms. The van der Waals surface area contributed by atoms with Gasteiger partial charge in [0.25, 0.3) is 0 Å². The molecule has 1 rings (SSSR count). The first-order chi connectivity index (χ1) is 11.9. The summed E-state index contributed by atoms with van der Waals surface area (Å²) >= 11 is 0. The van der Waals surface area contributed by atoms with E-state index in [9.17, 15) is 18.9 Å². The lowest BCUT2D eigenvalue weighted by molar-refractivity contribution is 0.00400. The molecular weight excluding hydrogens is 374 g/mol. The summed E-state index contributed by atoms with van der Waals surface area (Å²) in [6.07, 6.45) is 6.09. The van der Waals surface area contributed by atoms with Crippen molar-refractivity contribution in [3.05, 3.63) is 0 Å². The average Bonchev–Trinajstić information content (AvgIpc) is 2.66. The summed E-state index contributed by atoms with van der Waals surface area (Å²) in [5.74, 6) is 0. The Balaban J connectivity index is 3.55. The van der Waals surface area contributed by atoms with Crippen LogP contribution in [0.5, 0.6) is 0 Å². The van der Waals surface area contributed by atoms with E-state index in [1.54, 1.807) is 0 Å². The lowest BCUT2D eigenvalue weighted by atomic mass is 9.65. The van der Waals surface area contributed by atoms with Crippen LogP contribution in [0.15, 0.2) is 0 Å². The minimum Gasteiger partial charge on any atom is -0.322 e. The second-order valence-electron chi connectivity index (χ2n) is 8.15. The van der Waals surface area contributed by atoms with Gasteiger partial charge < -0.3 is 14.3 Å². The van der Waals surface area contributed by atoms with E-state index in [0.717, 1.165) is 38.5 Å². The fourth-order valence-corrected chi connectivity index (χ4v) is 8.75. The first-order valence-electron chi connectivity index (χ1n) is 9.90. The largest absolute Gasteiger partial charge is 0.357 e. The molecule has 0 spiro atoms. The third-order valence-electron chi connectivity index (χ3n) is 6.27. The molecule has 0 bridgehead atoms. The van der Waals surface area contributed by atoms with Gasteiger partial charge in [0, 0.05) is 5.41 Å². The molecule has 6 nitrogen and oxygen atoms in total.